The van der Waals surface area contributed by atoms with Gasteiger partial charge in [0.05, 0.1) is 6.61 Å². The highest BCUT2D eigenvalue weighted by Gasteiger charge is 2.28. The van der Waals surface area contributed by atoms with Crippen molar-refractivity contribution in [3.05, 3.63) is 35.4 Å². The van der Waals surface area contributed by atoms with E-state index in [0.717, 1.165) is 12.3 Å². The fourth-order valence-corrected chi connectivity index (χ4v) is 2.64. The number of unbranched alkanes of at least 4 members (excludes halogenated alkanes) is 2. The Morgan fingerprint density at radius 1 is 1.19 bits per heavy atom. The lowest BCUT2D eigenvalue weighted by Crippen LogP contribution is -1.99. The van der Waals surface area contributed by atoms with Crippen LogP contribution in [0.25, 0.3) is 0 Å². The van der Waals surface area contributed by atoms with Crippen molar-refractivity contribution in [3.8, 4) is 0 Å². The number of carbonyl (C=O) groups is 1. The Balaban J connectivity index is 0. The van der Waals surface area contributed by atoms with Crippen molar-refractivity contribution in [2.45, 2.75) is 65.7 Å². The number of hydrogen-bond donors (Lipinski definition) is 0. The molecule has 26 heavy (non-hydrogen) atoms. The second-order valence-electron chi connectivity index (χ2n) is 5.85. The van der Waals surface area contributed by atoms with Crippen LogP contribution in [0.3, 0.4) is 0 Å². The summed E-state index contributed by atoms with van der Waals surface area (Å²) in [5.41, 5.74) is 0. The molecule has 1 aliphatic carbocycles. The van der Waals surface area contributed by atoms with Gasteiger partial charge in [0.1, 0.15) is 0 Å². The molecule has 1 atom stereocenters. The molecule has 0 saturated heterocycles. The first kappa shape index (κ1) is 26.8. The molecule has 148 valence electrons. The molecule has 0 aromatic carbocycles. The molecule has 1 rings (SSSR count). The summed E-state index contributed by atoms with van der Waals surface area (Å²) in [6.45, 7) is 6.59. The second-order valence-corrected chi connectivity index (χ2v) is 6.38. The van der Waals surface area contributed by atoms with E-state index in [9.17, 15) is 4.79 Å². The number of rotatable bonds is 10. The first-order chi connectivity index (χ1) is 12.6. The van der Waals surface area contributed by atoms with E-state index in [0.29, 0.717) is 12.5 Å². The Bertz CT molecular complexity index is 445. The standard InChI is InChI=1S/C16H26O2.C4H7Br.CO2/c1-3-5-6-9-14(15-12-13-15)10-7-8-11-16(17)18-4-2;1-2-3-4-5;2-1-3/h7-8,10-11,14-15H,3-6,9,12-13H2,1-2H3;3-4H,2H2,1H3;/b10-7+,11-8-;4-3-;. The minimum Gasteiger partial charge on any atom is -0.463 e. The third kappa shape index (κ3) is 20.6. The third-order valence-electron chi connectivity index (χ3n) is 3.68. The van der Waals surface area contributed by atoms with Crippen molar-refractivity contribution < 1.29 is 19.1 Å². The van der Waals surface area contributed by atoms with Crippen molar-refractivity contribution in [1.29, 1.82) is 0 Å². The number of hydrogen-bond acceptors (Lipinski definition) is 4. The summed E-state index contributed by atoms with van der Waals surface area (Å²) in [7, 11) is 0. The molecule has 0 heterocycles. The molecule has 0 amide bonds. The molecule has 0 aromatic rings. The average Bonchev–Trinajstić information content (AvgIpc) is 3.44. The first-order valence-electron chi connectivity index (χ1n) is 9.37. The van der Waals surface area contributed by atoms with Crippen LogP contribution in [0.5, 0.6) is 0 Å². The number of ether oxygens (including phenoxy) is 1. The van der Waals surface area contributed by atoms with Crippen molar-refractivity contribution in [2.75, 3.05) is 6.61 Å². The first-order valence-corrected chi connectivity index (χ1v) is 10.3. The number of halogens is 1. The van der Waals surface area contributed by atoms with Crippen LogP contribution in [0, 0.1) is 11.8 Å². The van der Waals surface area contributed by atoms with E-state index in [1.54, 1.807) is 6.08 Å². The van der Waals surface area contributed by atoms with E-state index in [2.05, 4.69) is 35.9 Å². The minimum atomic E-state index is -0.254. The van der Waals surface area contributed by atoms with Crippen molar-refractivity contribution >= 4 is 28.1 Å². The largest absolute Gasteiger partial charge is 0.463 e. The van der Waals surface area contributed by atoms with Crippen LogP contribution in [-0.4, -0.2) is 18.7 Å². The molecule has 1 aliphatic rings. The normalized spacial score (nSPS) is 14.3. The smallest absolute Gasteiger partial charge is 0.373 e. The quantitative estimate of drug-likeness (QED) is 0.185. The number of esters is 1. The lowest BCUT2D eigenvalue weighted by atomic mass is 9.96. The fraction of sp³-hybridized carbons (Fsp3) is 0.619. The van der Waals surface area contributed by atoms with E-state index in [1.807, 2.05) is 24.1 Å². The molecule has 5 heteroatoms. The molecule has 4 nitrogen and oxygen atoms in total. The summed E-state index contributed by atoms with van der Waals surface area (Å²) in [5.74, 6) is 1.36. The molecule has 0 radical (unpaired) electrons. The molecular formula is C21H33BrO4. The van der Waals surface area contributed by atoms with Crippen LogP contribution in [-0.2, 0) is 19.1 Å². The van der Waals surface area contributed by atoms with Crippen LogP contribution in [0.15, 0.2) is 35.4 Å². The van der Waals surface area contributed by atoms with Crippen molar-refractivity contribution in [3.63, 3.8) is 0 Å². The lowest BCUT2D eigenvalue weighted by Gasteiger charge is -2.10. The highest BCUT2D eigenvalue weighted by Crippen LogP contribution is 2.40. The summed E-state index contributed by atoms with van der Waals surface area (Å²) in [6, 6.07) is 0. The van der Waals surface area contributed by atoms with Gasteiger partial charge in [-0.05, 0) is 49.4 Å². The highest BCUT2D eigenvalue weighted by atomic mass is 79.9. The van der Waals surface area contributed by atoms with Gasteiger partial charge < -0.3 is 4.74 Å². The maximum absolute atomic E-state index is 11.1. The zero-order chi connectivity index (χ0) is 20.0. The summed E-state index contributed by atoms with van der Waals surface area (Å²) in [5, 5.41) is 0. The van der Waals surface area contributed by atoms with Crippen LogP contribution in [0.2, 0.25) is 0 Å². The van der Waals surface area contributed by atoms with Crippen LogP contribution < -0.4 is 0 Å². The summed E-state index contributed by atoms with van der Waals surface area (Å²) < 4.78 is 4.83. The molecule has 1 fully saturated rings. The maximum Gasteiger partial charge on any atom is 0.373 e. The Morgan fingerprint density at radius 3 is 2.27 bits per heavy atom. The zero-order valence-electron chi connectivity index (χ0n) is 16.3. The van der Waals surface area contributed by atoms with Crippen LogP contribution in [0.4, 0.5) is 0 Å². The molecule has 1 unspecified atom stereocenters. The monoisotopic (exact) mass is 428 g/mol. The summed E-state index contributed by atoms with van der Waals surface area (Å²) >= 11 is 3.13. The summed E-state index contributed by atoms with van der Waals surface area (Å²) in [6.07, 6.45) is 19.0. The molecular weight excluding hydrogens is 396 g/mol. The van der Waals surface area contributed by atoms with E-state index in [-0.39, 0.29) is 12.1 Å². The molecule has 0 aliphatic heterocycles. The van der Waals surface area contributed by atoms with Crippen molar-refractivity contribution in [2.24, 2.45) is 11.8 Å². The van der Waals surface area contributed by atoms with Crippen LogP contribution >= 0.6 is 15.9 Å². The number of carbonyl (C=O) groups excluding carboxylic acids is 3. The van der Waals surface area contributed by atoms with Gasteiger partial charge in [-0.15, -0.1) is 0 Å². The second kappa shape index (κ2) is 21.6. The van der Waals surface area contributed by atoms with Gasteiger partial charge in [-0.2, -0.15) is 9.59 Å². The molecule has 0 spiro atoms. The van der Waals surface area contributed by atoms with Gasteiger partial charge in [-0.25, -0.2) is 4.79 Å². The third-order valence-corrected chi connectivity index (χ3v) is 4.06. The SMILES string of the molecule is CC/C=C\Br.CCCCCC(/C=C/C=C\C(=O)OCC)C1CC1.O=C=O. The van der Waals surface area contributed by atoms with E-state index in [1.165, 1.54) is 44.6 Å². The molecule has 0 aromatic heterocycles. The predicted octanol–water partition coefficient (Wildman–Crippen LogP) is 5.99. The highest BCUT2D eigenvalue weighted by molar-refractivity contribution is 9.11. The van der Waals surface area contributed by atoms with Gasteiger partial charge in [0, 0.05) is 6.08 Å². The Kier molecular flexibility index (Phi) is 22.2. The fourth-order valence-electron chi connectivity index (χ4n) is 2.26. The van der Waals surface area contributed by atoms with E-state index in [4.69, 9.17) is 14.3 Å². The maximum atomic E-state index is 11.1. The molecule has 0 N–H and O–H groups in total. The van der Waals surface area contributed by atoms with E-state index < -0.39 is 0 Å². The van der Waals surface area contributed by atoms with Gasteiger partial charge in [-0.3, -0.25) is 0 Å². The molecule has 0 bridgehead atoms. The predicted molar refractivity (Wildman–Crippen MR) is 109 cm³/mol. The van der Waals surface area contributed by atoms with Crippen molar-refractivity contribution in [1.82, 2.24) is 0 Å². The van der Waals surface area contributed by atoms with E-state index >= 15 is 0 Å². The Labute approximate surface area is 166 Å². The topological polar surface area (TPSA) is 60.4 Å². The van der Waals surface area contributed by atoms with Gasteiger partial charge in [-0.1, -0.05) is 73.3 Å². The Hall–Kier alpha value is -1.45. The Morgan fingerprint density at radius 2 is 1.85 bits per heavy atom. The summed E-state index contributed by atoms with van der Waals surface area (Å²) in [4.78, 5) is 29.2. The minimum absolute atomic E-state index is 0.250. The van der Waals surface area contributed by atoms with Gasteiger partial charge in [0.2, 0.25) is 0 Å². The van der Waals surface area contributed by atoms with Crippen LogP contribution in [0.1, 0.15) is 65.7 Å². The van der Waals surface area contributed by atoms with Gasteiger partial charge in [0.25, 0.3) is 0 Å². The lowest BCUT2D eigenvalue weighted by molar-refractivity contribution is -0.191. The van der Waals surface area contributed by atoms with Gasteiger partial charge in [0.15, 0.2) is 0 Å². The zero-order valence-corrected chi connectivity index (χ0v) is 17.9. The molecule has 1 saturated carbocycles. The number of allylic oxidation sites excluding steroid dienone is 4. The van der Waals surface area contributed by atoms with Gasteiger partial charge >= 0.3 is 12.1 Å². The average molecular weight is 429 g/mol.